The molecule has 0 amide bonds. The summed E-state index contributed by atoms with van der Waals surface area (Å²) in [4.78, 5) is 0.200. The Hall–Kier alpha value is -0.620. The van der Waals surface area contributed by atoms with Crippen molar-refractivity contribution in [3.05, 3.63) is 29.3 Å². The van der Waals surface area contributed by atoms with E-state index in [0.717, 1.165) is 32.1 Å². The zero-order chi connectivity index (χ0) is 14.6. The maximum absolute atomic E-state index is 12.2. The Labute approximate surface area is 125 Å². The average molecular weight is 318 g/mol. The van der Waals surface area contributed by atoms with E-state index in [1.807, 2.05) is 0 Å². The van der Waals surface area contributed by atoms with Gasteiger partial charge in [0.1, 0.15) is 0 Å². The largest absolute Gasteiger partial charge is 0.396 e. The number of hydrogen-bond acceptors (Lipinski definition) is 3. The summed E-state index contributed by atoms with van der Waals surface area (Å²) < 4.78 is 27.0. The van der Waals surface area contributed by atoms with Crippen molar-refractivity contribution in [1.29, 1.82) is 0 Å². The number of aliphatic hydroxyl groups is 1. The fourth-order valence-electron chi connectivity index (χ4n) is 2.64. The van der Waals surface area contributed by atoms with Crippen LogP contribution in [0.3, 0.4) is 0 Å². The molecule has 0 radical (unpaired) electrons. The summed E-state index contributed by atoms with van der Waals surface area (Å²) in [7, 11) is -3.54. The first-order chi connectivity index (χ1) is 9.47. The molecule has 6 heteroatoms. The van der Waals surface area contributed by atoms with Crippen molar-refractivity contribution >= 4 is 21.6 Å². The van der Waals surface area contributed by atoms with Gasteiger partial charge in [-0.2, -0.15) is 0 Å². The normalized spacial score (nSPS) is 18.9. The lowest BCUT2D eigenvalue weighted by atomic mass is 9.75. The third kappa shape index (κ3) is 3.73. The van der Waals surface area contributed by atoms with Crippen LogP contribution in [0.2, 0.25) is 5.02 Å². The number of hydrogen-bond donors (Lipinski definition) is 2. The molecule has 1 aromatic rings. The van der Waals surface area contributed by atoms with Crippen LogP contribution in [0.5, 0.6) is 0 Å². The monoisotopic (exact) mass is 317 g/mol. The van der Waals surface area contributed by atoms with Gasteiger partial charge in [-0.25, -0.2) is 13.1 Å². The van der Waals surface area contributed by atoms with Crippen LogP contribution >= 0.6 is 11.6 Å². The fourth-order valence-corrected chi connectivity index (χ4v) is 3.92. The maximum atomic E-state index is 12.2. The number of nitrogens with one attached hydrogen (secondary N) is 1. The van der Waals surface area contributed by atoms with Crippen molar-refractivity contribution in [2.24, 2.45) is 5.41 Å². The zero-order valence-electron chi connectivity index (χ0n) is 11.3. The third-order valence-corrected chi connectivity index (χ3v) is 5.68. The van der Waals surface area contributed by atoms with Gasteiger partial charge in [0.15, 0.2) is 0 Å². The minimum Gasteiger partial charge on any atom is -0.396 e. The van der Waals surface area contributed by atoms with Gasteiger partial charge < -0.3 is 5.11 Å². The molecule has 0 spiro atoms. The van der Waals surface area contributed by atoms with E-state index < -0.39 is 10.0 Å². The third-order valence-electron chi connectivity index (χ3n) is 4.01. The van der Waals surface area contributed by atoms with Gasteiger partial charge in [-0.15, -0.1) is 0 Å². The van der Waals surface area contributed by atoms with Crippen LogP contribution in [0, 0.1) is 5.41 Å². The molecule has 2 N–H and O–H groups in total. The molecular weight excluding hydrogens is 298 g/mol. The minimum atomic E-state index is -3.54. The van der Waals surface area contributed by atoms with E-state index in [0.29, 0.717) is 5.02 Å². The van der Waals surface area contributed by atoms with E-state index in [9.17, 15) is 13.5 Å². The molecule has 2 rings (SSSR count). The second-order valence-electron chi connectivity index (χ2n) is 5.50. The maximum Gasteiger partial charge on any atom is 0.240 e. The smallest absolute Gasteiger partial charge is 0.240 e. The first-order valence-corrected chi connectivity index (χ1v) is 8.70. The highest BCUT2D eigenvalue weighted by atomic mass is 35.5. The lowest BCUT2D eigenvalue weighted by molar-refractivity contribution is 0.0867. The Morgan fingerprint density at radius 1 is 1.15 bits per heavy atom. The van der Waals surface area contributed by atoms with E-state index in [4.69, 9.17) is 11.6 Å². The molecule has 0 aliphatic heterocycles. The highest BCUT2D eigenvalue weighted by Gasteiger charge is 2.32. The lowest BCUT2D eigenvalue weighted by Gasteiger charge is -2.35. The van der Waals surface area contributed by atoms with Crippen LogP contribution in [-0.4, -0.2) is 26.7 Å². The first kappa shape index (κ1) is 15.8. The molecule has 1 aliphatic carbocycles. The molecule has 112 valence electrons. The summed E-state index contributed by atoms with van der Waals surface area (Å²) in [5.74, 6) is 0. The quantitative estimate of drug-likeness (QED) is 0.877. The minimum absolute atomic E-state index is 0.0239. The van der Waals surface area contributed by atoms with Crippen LogP contribution in [0.1, 0.15) is 32.1 Å². The highest BCUT2D eigenvalue weighted by Crippen LogP contribution is 2.35. The molecule has 4 nitrogen and oxygen atoms in total. The van der Waals surface area contributed by atoms with Crippen molar-refractivity contribution in [2.75, 3.05) is 13.2 Å². The zero-order valence-corrected chi connectivity index (χ0v) is 12.9. The molecule has 0 bridgehead atoms. The Morgan fingerprint density at radius 3 is 2.30 bits per heavy atom. The predicted molar refractivity (Wildman–Crippen MR) is 79.2 cm³/mol. The molecule has 20 heavy (non-hydrogen) atoms. The molecule has 0 heterocycles. The summed E-state index contributed by atoms with van der Waals surface area (Å²) in [6.45, 7) is 0.310. The Kier molecular flexibility index (Phi) is 5.07. The van der Waals surface area contributed by atoms with Gasteiger partial charge in [0.2, 0.25) is 10.0 Å². The number of aliphatic hydroxyl groups excluding tert-OH is 1. The van der Waals surface area contributed by atoms with Crippen molar-refractivity contribution in [3.63, 3.8) is 0 Å². The Balaban J connectivity index is 2.06. The number of benzene rings is 1. The standard InChI is InChI=1S/C14H20ClNO3S/c15-12-4-6-13(7-5-12)20(18,19)16-10-14(11-17)8-2-1-3-9-14/h4-7,16-17H,1-3,8-11H2. The van der Waals surface area contributed by atoms with E-state index in [2.05, 4.69) is 4.72 Å². The van der Waals surface area contributed by atoms with Gasteiger partial charge >= 0.3 is 0 Å². The SMILES string of the molecule is O=S(=O)(NCC1(CO)CCCCC1)c1ccc(Cl)cc1. The Morgan fingerprint density at radius 2 is 1.75 bits per heavy atom. The summed E-state index contributed by atoms with van der Waals surface area (Å²) in [6, 6.07) is 6.07. The van der Waals surface area contributed by atoms with Gasteiger partial charge in [-0.1, -0.05) is 30.9 Å². The van der Waals surface area contributed by atoms with E-state index >= 15 is 0 Å². The van der Waals surface area contributed by atoms with Crippen LogP contribution < -0.4 is 4.72 Å². The second-order valence-corrected chi connectivity index (χ2v) is 7.70. The Bertz CT molecular complexity index is 536. The average Bonchev–Trinajstić information content (AvgIpc) is 2.47. The van der Waals surface area contributed by atoms with E-state index in [1.165, 1.54) is 12.1 Å². The predicted octanol–water partition coefficient (Wildman–Crippen LogP) is 2.56. The summed E-state index contributed by atoms with van der Waals surface area (Å²) >= 11 is 5.76. The first-order valence-electron chi connectivity index (χ1n) is 6.84. The summed E-state index contributed by atoms with van der Waals surface area (Å²) in [5.41, 5.74) is -0.308. The van der Waals surface area contributed by atoms with Gasteiger partial charge in [-0.3, -0.25) is 0 Å². The topological polar surface area (TPSA) is 66.4 Å². The molecule has 0 saturated heterocycles. The van der Waals surface area contributed by atoms with Gasteiger partial charge in [0, 0.05) is 23.6 Å². The van der Waals surface area contributed by atoms with Crippen molar-refractivity contribution in [2.45, 2.75) is 37.0 Å². The van der Waals surface area contributed by atoms with Crippen molar-refractivity contribution in [3.8, 4) is 0 Å². The van der Waals surface area contributed by atoms with Gasteiger partial charge in [-0.05, 0) is 37.1 Å². The molecule has 1 saturated carbocycles. The molecular formula is C14H20ClNO3S. The number of halogens is 1. The second kappa shape index (κ2) is 6.43. The lowest BCUT2D eigenvalue weighted by Crippen LogP contribution is -2.41. The van der Waals surface area contributed by atoms with Crippen LogP contribution in [0.25, 0.3) is 0 Å². The van der Waals surface area contributed by atoms with Crippen LogP contribution in [0.4, 0.5) is 0 Å². The molecule has 1 aliphatic rings. The summed E-state index contributed by atoms with van der Waals surface area (Å²) in [6.07, 6.45) is 4.98. The number of sulfonamides is 1. The molecule has 0 atom stereocenters. The molecule has 1 aromatic carbocycles. The van der Waals surface area contributed by atoms with Crippen molar-refractivity contribution in [1.82, 2.24) is 4.72 Å². The van der Waals surface area contributed by atoms with Crippen LogP contribution in [0.15, 0.2) is 29.2 Å². The van der Waals surface area contributed by atoms with E-state index in [-0.39, 0.29) is 23.5 Å². The molecule has 0 aromatic heterocycles. The van der Waals surface area contributed by atoms with Gasteiger partial charge in [0.05, 0.1) is 4.90 Å². The van der Waals surface area contributed by atoms with Crippen LogP contribution in [-0.2, 0) is 10.0 Å². The molecule has 0 unspecified atom stereocenters. The van der Waals surface area contributed by atoms with Crippen molar-refractivity contribution < 1.29 is 13.5 Å². The van der Waals surface area contributed by atoms with E-state index in [1.54, 1.807) is 12.1 Å². The highest BCUT2D eigenvalue weighted by molar-refractivity contribution is 7.89. The fraction of sp³-hybridized carbons (Fsp3) is 0.571. The van der Waals surface area contributed by atoms with Gasteiger partial charge in [0.25, 0.3) is 0 Å². The molecule has 1 fully saturated rings. The summed E-state index contributed by atoms with van der Waals surface area (Å²) in [5, 5.41) is 10.1. The number of rotatable bonds is 5.